The molecule has 0 aliphatic carbocycles. The summed E-state index contributed by atoms with van der Waals surface area (Å²) in [7, 11) is 1.66. The minimum atomic E-state index is -0.440. The van der Waals surface area contributed by atoms with E-state index in [9.17, 15) is 4.79 Å². The van der Waals surface area contributed by atoms with Crippen molar-refractivity contribution in [3.05, 3.63) is 0 Å². The van der Waals surface area contributed by atoms with Gasteiger partial charge in [-0.2, -0.15) is 0 Å². The van der Waals surface area contributed by atoms with Gasteiger partial charge in [0.25, 0.3) is 0 Å². The van der Waals surface area contributed by atoms with Crippen LogP contribution in [0, 0.1) is 5.92 Å². The van der Waals surface area contributed by atoms with Crippen LogP contribution in [0.1, 0.15) is 34.1 Å². The van der Waals surface area contributed by atoms with Crippen molar-refractivity contribution in [3.8, 4) is 0 Å². The molecule has 0 spiro atoms. The highest BCUT2D eigenvalue weighted by atomic mass is 16.7. The van der Waals surface area contributed by atoms with Crippen molar-refractivity contribution >= 4 is 5.91 Å². The molecular weight excluding hydrogens is 234 g/mol. The van der Waals surface area contributed by atoms with E-state index in [1.54, 1.807) is 7.11 Å². The molecule has 1 N–H and O–H groups in total. The zero-order valence-electron chi connectivity index (χ0n) is 11.9. The molecule has 18 heavy (non-hydrogen) atoms. The monoisotopic (exact) mass is 259 g/mol. The first-order valence-corrected chi connectivity index (χ1v) is 6.62. The van der Waals surface area contributed by atoms with Crippen LogP contribution in [-0.4, -0.2) is 44.2 Å². The summed E-state index contributed by atoms with van der Waals surface area (Å²) in [5, 5.41) is 2.88. The van der Waals surface area contributed by atoms with Gasteiger partial charge in [0.1, 0.15) is 6.04 Å². The van der Waals surface area contributed by atoms with E-state index in [-0.39, 0.29) is 30.1 Å². The van der Waals surface area contributed by atoms with E-state index in [0.29, 0.717) is 6.61 Å². The maximum Gasteiger partial charge on any atom is 0.217 e. The SMILES string of the molecule is CCO[C@@H]1OC(CC)[C@H](C)C(OC)C1NC(C)=O. The van der Waals surface area contributed by atoms with Gasteiger partial charge >= 0.3 is 0 Å². The molecule has 1 rings (SSSR count). The van der Waals surface area contributed by atoms with Crippen LogP contribution in [-0.2, 0) is 19.0 Å². The van der Waals surface area contributed by atoms with Gasteiger partial charge in [0.2, 0.25) is 5.91 Å². The number of rotatable bonds is 5. The van der Waals surface area contributed by atoms with E-state index in [1.807, 2.05) is 6.92 Å². The zero-order chi connectivity index (χ0) is 13.7. The van der Waals surface area contributed by atoms with Crippen molar-refractivity contribution in [2.45, 2.75) is 58.7 Å². The second-order valence-corrected chi connectivity index (χ2v) is 4.69. The molecule has 1 heterocycles. The fraction of sp³-hybridized carbons (Fsp3) is 0.923. The maximum absolute atomic E-state index is 11.3. The van der Waals surface area contributed by atoms with Gasteiger partial charge in [-0.25, -0.2) is 0 Å². The minimum absolute atomic E-state index is 0.0934. The van der Waals surface area contributed by atoms with Crippen LogP contribution < -0.4 is 5.32 Å². The van der Waals surface area contributed by atoms with Crippen molar-refractivity contribution in [2.75, 3.05) is 13.7 Å². The van der Waals surface area contributed by atoms with Gasteiger partial charge in [0, 0.05) is 26.6 Å². The van der Waals surface area contributed by atoms with Gasteiger partial charge in [0.05, 0.1) is 12.2 Å². The number of hydrogen-bond donors (Lipinski definition) is 1. The van der Waals surface area contributed by atoms with Crippen LogP contribution >= 0.6 is 0 Å². The van der Waals surface area contributed by atoms with Crippen molar-refractivity contribution in [1.82, 2.24) is 5.32 Å². The third kappa shape index (κ3) is 3.43. The van der Waals surface area contributed by atoms with E-state index in [2.05, 4.69) is 19.2 Å². The van der Waals surface area contributed by atoms with E-state index in [1.165, 1.54) is 6.92 Å². The van der Waals surface area contributed by atoms with Gasteiger partial charge in [-0.05, 0) is 13.3 Å². The first kappa shape index (κ1) is 15.4. The molecule has 1 aliphatic heterocycles. The Balaban J connectivity index is 2.87. The summed E-state index contributed by atoms with van der Waals surface area (Å²) in [6.07, 6.45) is 0.461. The quantitative estimate of drug-likeness (QED) is 0.809. The average molecular weight is 259 g/mol. The maximum atomic E-state index is 11.3. The van der Waals surface area contributed by atoms with Crippen molar-refractivity contribution in [1.29, 1.82) is 0 Å². The van der Waals surface area contributed by atoms with Crippen LogP contribution in [0.5, 0.6) is 0 Å². The van der Waals surface area contributed by atoms with Crippen molar-refractivity contribution in [3.63, 3.8) is 0 Å². The number of carbonyl (C=O) groups excluding carboxylic acids is 1. The van der Waals surface area contributed by atoms with Crippen LogP contribution in [0.15, 0.2) is 0 Å². The minimum Gasteiger partial charge on any atom is -0.379 e. The second kappa shape index (κ2) is 7.07. The molecule has 0 aromatic carbocycles. The van der Waals surface area contributed by atoms with Gasteiger partial charge in [-0.3, -0.25) is 4.79 Å². The molecule has 1 amide bonds. The Morgan fingerprint density at radius 3 is 2.50 bits per heavy atom. The number of amides is 1. The summed E-state index contributed by atoms with van der Waals surface area (Å²) in [4.78, 5) is 11.3. The van der Waals surface area contributed by atoms with Crippen molar-refractivity contribution < 1.29 is 19.0 Å². The molecular formula is C13H25NO4. The summed E-state index contributed by atoms with van der Waals surface area (Å²) >= 11 is 0. The van der Waals surface area contributed by atoms with Crippen LogP contribution in [0.2, 0.25) is 0 Å². The van der Waals surface area contributed by atoms with E-state index < -0.39 is 6.29 Å². The standard InChI is InChI=1S/C13H25NO4/c1-6-10-8(3)12(16-5)11(14-9(4)15)13(18-10)17-7-2/h8,10-13H,6-7H2,1-5H3,(H,14,15)/t8-,10?,11?,12?,13+/m0/s1. The molecule has 5 heteroatoms. The normalized spacial score (nSPS) is 36.4. The lowest BCUT2D eigenvalue weighted by atomic mass is 9.87. The average Bonchev–Trinajstić information content (AvgIpc) is 2.32. The van der Waals surface area contributed by atoms with Gasteiger partial charge < -0.3 is 19.5 Å². The molecule has 1 saturated heterocycles. The molecule has 0 aromatic heterocycles. The Kier molecular flexibility index (Phi) is 6.05. The molecule has 106 valence electrons. The smallest absolute Gasteiger partial charge is 0.217 e. The summed E-state index contributed by atoms with van der Waals surface area (Å²) in [6, 6.07) is -0.259. The first-order valence-electron chi connectivity index (χ1n) is 6.62. The largest absolute Gasteiger partial charge is 0.379 e. The fourth-order valence-corrected chi connectivity index (χ4v) is 2.60. The summed E-state index contributed by atoms with van der Waals surface area (Å²) < 4.78 is 17.1. The molecule has 0 bridgehead atoms. The molecule has 5 nitrogen and oxygen atoms in total. The predicted molar refractivity (Wildman–Crippen MR) is 68.1 cm³/mol. The van der Waals surface area contributed by atoms with Gasteiger partial charge in [0.15, 0.2) is 6.29 Å². The number of hydrogen-bond acceptors (Lipinski definition) is 4. The van der Waals surface area contributed by atoms with Gasteiger partial charge in [-0.1, -0.05) is 13.8 Å². The summed E-state index contributed by atoms with van der Waals surface area (Å²) in [5.74, 6) is 0.117. The topological polar surface area (TPSA) is 56.8 Å². The first-order chi connectivity index (χ1) is 8.54. The lowest BCUT2D eigenvalue weighted by Crippen LogP contribution is -2.61. The number of nitrogens with one attached hydrogen (secondary N) is 1. The van der Waals surface area contributed by atoms with Crippen LogP contribution in [0.4, 0.5) is 0 Å². The highest BCUT2D eigenvalue weighted by Crippen LogP contribution is 2.30. The summed E-state index contributed by atoms with van der Waals surface area (Å²) in [5.41, 5.74) is 0. The molecule has 0 saturated carbocycles. The number of methoxy groups -OCH3 is 1. The highest BCUT2D eigenvalue weighted by molar-refractivity contribution is 5.73. The molecule has 5 atom stereocenters. The number of carbonyl (C=O) groups is 1. The Morgan fingerprint density at radius 2 is 2.06 bits per heavy atom. The third-order valence-corrected chi connectivity index (χ3v) is 3.44. The lowest BCUT2D eigenvalue weighted by Gasteiger charge is -2.44. The lowest BCUT2D eigenvalue weighted by molar-refractivity contribution is -0.251. The Hall–Kier alpha value is -0.650. The fourth-order valence-electron chi connectivity index (χ4n) is 2.60. The molecule has 3 unspecified atom stereocenters. The molecule has 1 aliphatic rings. The van der Waals surface area contributed by atoms with Gasteiger partial charge in [-0.15, -0.1) is 0 Å². The van der Waals surface area contributed by atoms with E-state index >= 15 is 0 Å². The van der Waals surface area contributed by atoms with Crippen molar-refractivity contribution in [2.24, 2.45) is 5.92 Å². The highest BCUT2D eigenvalue weighted by Gasteiger charge is 2.44. The van der Waals surface area contributed by atoms with Crippen LogP contribution in [0.25, 0.3) is 0 Å². The number of ether oxygens (including phenoxy) is 3. The Labute approximate surface area is 109 Å². The second-order valence-electron chi connectivity index (χ2n) is 4.69. The van der Waals surface area contributed by atoms with E-state index in [4.69, 9.17) is 14.2 Å². The summed E-state index contributed by atoms with van der Waals surface area (Å²) in [6.45, 7) is 8.11. The van der Waals surface area contributed by atoms with Crippen LogP contribution in [0.3, 0.4) is 0 Å². The Morgan fingerprint density at radius 1 is 1.39 bits per heavy atom. The third-order valence-electron chi connectivity index (χ3n) is 3.44. The zero-order valence-corrected chi connectivity index (χ0v) is 11.9. The Bertz CT molecular complexity index is 272. The molecule has 0 radical (unpaired) electrons. The molecule has 1 fully saturated rings. The molecule has 0 aromatic rings. The predicted octanol–water partition coefficient (Wildman–Crippen LogP) is 1.31. The van der Waals surface area contributed by atoms with E-state index in [0.717, 1.165) is 6.42 Å².